The van der Waals surface area contributed by atoms with Gasteiger partial charge in [-0.05, 0) is 42.5 Å². The molecular formula is C45H27N5O. The van der Waals surface area contributed by atoms with Crippen LogP contribution in [-0.4, -0.2) is 24.1 Å². The Morgan fingerprint density at radius 1 is 0.392 bits per heavy atom. The van der Waals surface area contributed by atoms with Gasteiger partial charge in [-0.15, -0.1) is 0 Å². The number of aromatic nitrogens is 5. The molecule has 0 radical (unpaired) electrons. The zero-order chi connectivity index (χ0) is 33.5. The molecule has 0 saturated heterocycles. The summed E-state index contributed by atoms with van der Waals surface area (Å²) in [5, 5.41) is 6.64. The van der Waals surface area contributed by atoms with Crippen molar-refractivity contribution in [1.82, 2.24) is 24.1 Å². The van der Waals surface area contributed by atoms with E-state index in [4.69, 9.17) is 19.4 Å². The molecule has 0 aliphatic rings. The van der Waals surface area contributed by atoms with E-state index in [1.165, 1.54) is 5.39 Å². The smallest absolute Gasteiger partial charge is 0.238 e. The van der Waals surface area contributed by atoms with E-state index in [-0.39, 0.29) is 0 Å². The average Bonchev–Trinajstić information content (AvgIpc) is 3.85. The summed E-state index contributed by atoms with van der Waals surface area (Å²) in [6.45, 7) is 0. The van der Waals surface area contributed by atoms with Gasteiger partial charge in [0.1, 0.15) is 11.2 Å². The Bertz CT molecular complexity index is 3080. The quantitative estimate of drug-likeness (QED) is 0.190. The lowest BCUT2D eigenvalue weighted by Gasteiger charge is -2.11. The van der Waals surface area contributed by atoms with Crippen LogP contribution in [0.25, 0.3) is 100.0 Å². The molecule has 238 valence electrons. The molecule has 6 heteroatoms. The van der Waals surface area contributed by atoms with Crippen LogP contribution in [0.3, 0.4) is 0 Å². The summed E-state index contributed by atoms with van der Waals surface area (Å²) < 4.78 is 11.1. The molecule has 4 heterocycles. The van der Waals surface area contributed by atoms with Crippen molar-refractivity contribution >= 4 is 65.6 Å². The number of benzene rings is 7. The summed E-state index contributed by atoms with van der Waals surface area (Å²) in [5.74, 6) is 1.76. The predicted molar refractivity (Wildman–Crippen MR) is 207 cm³/mol. The molecule has 6 nitrogen and oxygen atoms in total. The number of nitrogens with zero attached hydrogens (tertiary/aromatic N) is 5. The SMILES string of the molecule is c1ccc(-c2nc(-c3cccc4oc5cc6c(cc5c34)c3ccccc3n6-c3ccccc3)nc(-n3c4ccccc4c4ccccc43)n2)cc1. The Morgan fingerprint density at radius 2 is 0.980 bits per heavy atom. The summed E-state index contributed by atoms with van der Waals surface area (Å²) in [4.78, 5) is 15.5. The normalized spacial score (nSPS) is 11.9. The third-order valence-electron chi connectivity index (χ3n) is 9.98. The molecule has 0 unspecified atom stereocenters. The highest BCUT2D eigenvalue weighted by Crippen LogP contribution is 2.41. The molecule has 0 saturated carbocycles. The summed E-state index contributed by atoms with van der Waals surface area (Å²) in [5.41, 5.74) is 8.83. The van der Waals surface area contributed by atoms with E-state index in [9.17, 15) is 0 Å². The second-order valence-corrected chi connectivity index (χ2v) is 12.9. The van der Waals surface area contributed by atoms with E-state index in [1.54, 1.807) is 0 Å². The summed E-state index contributed by atoms with van der Waals surface area (Å²) >= 11 is 0. The topological polar surface area (TPSA) is 61.7 Å². The second kappa shape index (κ2) is 10.7. The van der Waals surface area contributed by atoms with Gasteiger partial charge >= 0.3 is 0 Å². The number of rotatable bonds is 4. The molecule has 0 bridgehead atoms. The first-order valence-electron chi connectivity index (χ1n) is 17.0. The van der Waals surface area contributed by atoms with Crippen molar-refractivity contribution in [2.45, 2.75) is 0 Å². The molecule has 0 N–H and O–H groups in total. The lowest BCUT2D eigenvalue weighted by Crippen LogP contribution is -2.06. The van der Waals surface area contributed by atoms with Crippen LogP contribution < -0.4 is 0 Å². The van der Waals surface area contributed by atoms with Gasteiger partial charge in [-0.3, -0.25) is 4.57 Å². The standard InChI is InChI=1S/C45H27N5O/c1-3-14-28(15-4-1)43-46-44(48-45(47-43)50-37-23-11-7-18-30(37)31-19-8-12-24-38(31)50)33-21-13-25-40-42(33)35-26-34-32-20-9-10-22-36(32)49(29-16-5-2-6-17-29)39(34)27-41(35)51-40/h1-27H. The number of furan rings is 1. The molecule has 11 aromatic rings. The first-order valence-corrected chi connectivity index (χ1v) is 17.0. The maximum absolute atomic E-state index is 6.65. The van der Waals surface area contributed by atoms with Gasteiger partial charge in [0, 0.05) is 55.2 Å². The van der Waals surface area contributed by atoms with Crippen molar-refractivity contribution in [2.24, 2.45) is 0 Å². The third-order valence-corrected chi connectivity index (χ3v) is 9.98. The predicted octanol–water partition coefficient (Wildman–Crippen LogP) is 11.3. The van der Waals surface area contributed by atoms with Gasteiger partial charge in [0.05, 0.1) is 22.1 Å². The molecule has 0 atom stereocenters. The molecule has 7 aromatic carbocycles. The van der Waals surface area contributed by atoms with E-state index in [0.717, 1.165) is 77.0 Å². The number of hydrogen-bond donors (Lipinski definition) is 0. The molecule has 0 aliphatic heterocycles. The molecule has 11 rings (SSSR count). The second-order valence-electron chi connectivity index (χ2n) is 12.9. The summed E-state index contributed by atoms with van der Waals surface area (Å²) in [6.07, 6.45) is 0. The Labute approximate surface area is 291 Å². The maximum Gasteiger partial charge on any atom is 0.238 e. The lowest BCUT2D eigenvalue weighted by molar-refractivity contribution is 0.669. The van der Waals surface area contributed by atoms with Crippen molar-refractivity contribution in [3.8, 4) is 34.4 Å². The number of hydrogen-bond acceptors (Lipinski definition) is 4. The fourth-order valence-corrected chi connectivity index (χ4v) is 7.77. The fourth-order valence-electron chi connectivity index (χ4n) is 7.77. The molecule has 0 spiro atoms. The first kappa shape index (κ1) is 27.9. The van der Waals surface area contributed by atoms with Crippen LogP contribution in [-0.2, 0) is 0 Å². The Hall–Kier alpha value is -7.05. The van der Waals surface area contributed by atoms with Crippen LogP contribution in [0, 0.1) is 0 Å². The van der Waals surface area contributed by atoms with Crippen molar-refractivity contribution in [1.29, 1.82) is 0 Å². The molecule has 0 aliphatic carbocycles. The monoisotopic (exact) mass is 653 g/mol. The van der Waals surface area contributed by atoms with Gasteiger partial charge in [0.25, 0.3) is 0 Å². The summed E-state index contributed by atoms with van der Waals surface area (Å²) in [6, 6.07) is 56.6. The molecule has 4 aromatic heterocycles. The van der Waals surface area contributed by atoms with Crippen molar-refractivity contribution < 1.29 is 4.42 Å². The molecule has 0 amide bonds. The minimum atomic E-state index is 0.564. The minimum absolute atomic E-state index is 0.564. The van der Waals surface area contributed by atoms with Gasteiger partial charge in [-0.25, -0.2) is 4.98 Å². The van der Waals surface area contributed by atoms with E-state index in [2.05, 4.69) is 124 Å². The van der Waals surface area contributed by atoms with Crippen LogP contribution in [0.1, 0.15) is 0 Å². The lowest BCUT2D eigenvalue weighted by atomic mass is 10.0. The minimum Gasteiger partial charge on any atom is -0.456 e. The maximum atomic E-state index is 6.65. The van der Waals surface area contributed by atoms with Gasteiger partial charge < -0.3 is 8.98 Å². The summed E-state index contributed by atoms with van der Waals surface area (Å²) in [7, 11) is 0. The number of para-hydroxylation sites is 4. The van der Waals surface area contributed by atoms with Crippen molar-refractivity contribution in [2.75, 3.05) is 0 Å². The van der Waals surface area contributed by atoms with E-state index < -0.39 is 0 Å². The molecule has 0 fully saturated rings. The fraction of sp³-hybridized carbons (Fsp3) is 0. The molecular weight excluding hydrogens is 627 g/mol. The zero-order valence-corrected chi connectivity index (χ0v) is 27.2. The van der Waals surface area contributed by atoms with Crippen molar-refractivity contribution in [3.05, 3.63) is 164 Å². The van der Waals surface area contributed by atoms with E-state index in [0.29, 0.717) is 17.6 Å². The van der Waals surface area contributed by atoms with Gasteiger partial charge in [0.2, 0.25) is 5.95 Å². The Morgan fingerprint density at radius 3 is 1.69 bits per heavy atom. The Kier molecular flexibility index (Phi) is 5.86. The highest BCUT2D eigenvalue weighted by molar-refractivity contribution is 6.19. The zero-order valence-electron chi connectivity index (χ0n) is 27.2. The van der Waals surface area contributed by atoms with Gasteiger partial charge in [-0.2, -0.15) is 9.97 Å². The van der Waals surface area contributed by atoms with Crippen LogP contribution in [0.2, 0.25) is 0 Å². The average molecular weight is 654 g/mol. The number of fused-ring (bicyclic) bond motifs is 9. The molecule has 51 heavy (non-hydrogen) atoms. The van der Waals surface area contributed by atoms with Crippen LogP contribution in [0.5, 0.6) is 0 Å². The van der Waals surface area contributed by atoms with Gasteiger partial charge in [0.15, 0.2) is 11.6 Å². The van der Waals surface area contributed by atoms with Crippen LogP contribution >= 0.6 is 0 Å². The third kappa shape index (κ3) is 4.14. The van der Waals surface area contributed by atoms with E-state index >= 15 is 0 Å². The Balaban J connectivity index is 1.21. The van der Waals surface area contributed by atoms with Crippen molar-refractivity contribution in [3.63, 3.8) is 0 Å². The van der Waals surface area contributed by atoms with Crippen LogP contribution in [0.15, 0.2) is 168 Å². The largest absolute Gasteiger partial charge is 0.456 e. The highest BCUT2D eigenvalue weighted by Gasteiger charge is 2.22. The van der Waals surface area contributed by atoms with Crippen LogP contribution in [0.4, 0.5) is 0 Å². The van der Waals surface area contributed by atoms with E-state index in [1.807, 2.05) is 48.5 Å². The highest BCUT2D eigenvalue weighted by atomic mass is 16.3. The van der Waals surface area contributed by atoms with Gasteiger partial charge in [-0.1, -0.05) is 115 Å². The first-order chi connectivity index (χ1) is 25.3.